The highest BCUT2D eigenvalue weighted by atomic mass is 32.1. The molecule has 0 amide bonds. The van der Waals surface area contributed by atoms with Crippen LogP contribution in [0, 0.1) is 5.82 Å². The molecule has 1 aliphatic rings. The molecule has 148 valence electrons. The molecule has 5 rings (SSSR count). The van der Waals surface area contributed by atoms with Gasteiger partial charge in [0.25, 0.3) is 0 Å². The topological polar surface area (TPSA) is 49.6 Å². The highest BCUT2D eigenvalue weighted by Crippen LogP contribution is 2.28. The van der Waals surface area contributed by atoms with Crippen LogP contribution in [0.25, 0.3) is 16.6 Å². The van der Waals surface area contributed by atoms with Crippen molar-refractivity contribution in [3.8, 4) is 11.1 Å². The Hall–Kier alpha value is -2.68. The summed E-state index contributed by atoms with van der Waals surface area (Å²) in [5.74, 6) is -0.244. The van der Waals surface area contributed by atoms with Crippen LogP contribution in [-0.2, 0) is 6.54 Å². The van der Waals surface area contributed by atoms with E-state index in [2.05, 4.69) is 32.1 Å². The number of benzene rings is 1. The molecule has 1 unspecified atom stereocenters. The van der Waals surface area contributed by atoms with Gasteiger partial charge in [0, 0.05) is 43.0 Å². The molecular formula is C21H21FN6S. The lowest BCUT2D eigenvalue weighted by Gasteiger charge is -2.38. The van der Waals surface area contributed by atoms with Gasteiger partial charge in [-0.3, -0.25) is 9.80 Å². The van der Waals surface area contributed by atoms with Gasteiger partial charge < -0.3 is 0 Å². The normalized spacial score (nSPS) is 18.5. The van der Waals surface area contributed by atoms with Gasteiger partial charge in [-0.05, 0) is 30.8 Å². The standard InChI is InChI=1S/C21H21FN6S/c1-26-8-9-27(14-20-23-7-10-29-20)13-19(26)21-18-6-5-16(12-28(18)25-24-21)15-3-2-4-17(22)11-15/h2-7,10-12,19H,8-9,13-14H2,1H3. The number of aromatic nitrogens is 4. The molecule has 6 nitrogen and oxygen atoms in total. The number of likely N-dealkylation sites (N-methyl/N-ethyl adjacent to an activating group) is 1. The summed E-state index contributed by atoms with van der Waals surface area (Å²) in [7, 11) is 2.14. The Bertz CT molecular complexity index is 1130. The number of rotatable bonds is 4. The van der Waals surface area contributed by atoms with E-state index in [9.17, 15) is 4.39 Å². The van der Waals surface area contributed by atoms with Crippen molar-refractivity contribution < 1.29 is 4.39 Å². The van der Waals surface area contributed by atoms with Gasteiger partial charge in [0.15, 0.2) is 0 Å². The van der Waals surface area contributed by atoms with Gasteiger partial charge in [-0.25, -0.2) is 13.9 Å². The highest BCUT2D eigenvalue weighted by molar-refractivity contribution is 7.09. The van der Waals surface area contributed by atoms with Gasteiger partial charge in [0.1, 0.15) is 16.5 Å². The molecule has 1 atom stereocenters. The Balaban J connectivity index is 1.43. The van der Waals surface area contributed by atoms with E-state index in [0.717, 1.165) is 53.5 Å². The molecule has 0 bridgehead atoms. The fourth-order valence-electron chi connectivity index (χ4n) is 3.88. The average Bonchev–Trinajstić information content (AvgIpc) is 3.39. The molecule has 4 heterocycles. The first-order valence-corrected chi connectivity index (χ1v) is 10.5. The minimum Gasteiger partial charge on any atom is -0.295 e. The largest absolute Gasteiger partial charge is 0.295 e. The Morgan fingerprint density at radius 3 is 2.93 bits per heavy atom. The van der Waals surface area contributed by atoms with Crippen molar-refractivity contribution in [3.05, 3.63) is 70.7 Å². The first-order chi connectivity index (χ1) is 14.2. The van der Waals surface area contributed by atoms with Crippen molar-refractivity contribution in [1.82, 2.24) is 29.6 Å². The molecule has 1 aliphatic heterocycles. The number of nitrogens with zero attached hydrogens (tertiary/aromatic N) is 6. The van der Waals surface area contributed by atoms with Crippen LogP contribution in [0.15, 0.2) is 54.2 Å². The van der Waals surface area contributed by atoms with Gasteiger partial charge in [-0.15, -0.1) is 16.4 Å². The van der Waals surface area contributed by atoms with E-state index in [0.29, 0.717) is 0 Å². The third kappa shape index (κ3) is 3.66. The first-order valence-electron chi connectivity index (χ1n) is 9.59. The van der Waals surface area contributed by atoms with Crippen LogP contribution in [0.5, 0.6) is 0 Å². The highest BCUT2D eigenvalue weighted by Gasteiger charge is 2.29. The summed E-state index contributed by atoms with van der Waals surface area (Å²) in [4.78, 5) is 9.18. The fraction of sp³-hybridized carbons (Fsp3) is 0.286. The molecule has 0 radical (unpaired) electrons. The summed E-state index contributed by atoms with van der Waals surface area (Å²) in [5.41, 5.74) is 3.70. The molecule has 0 spiro atoms. The summed E-state index contributed by atoms with van der Waals surface area (Å²) in [6, 6.07) is 10.8. The zero-order valence-corrected chi connectivity index (χ0v) is 16.9. The molecule has 0 N–H and O–H groups in total. The van der Waals surface area contributed by atoms with Crippen LogP contribution < -0.4 is 0 Å². The second-order valence-electron chi connectivity index (χ2n) is 7.39. The lowest BCUT2D eigenvalue weighted by molar-refractivity contribution is 0.0889. The van der Waals surface area contributed by atoms with Crippen LogP contribution in [0.1, 0.15) is 16.7 Å². The second-order valence-corrected chi connectivity index (χ2v) is 8.37. The van der Waals surface area contributed by atoms with E-state index in [4.69, 9.17) is 0 Å². The maximum Gasteiger partial charge on any atom is 0.123 e. The molecule has 29 heavy (non-hydrogen) atoms. The second kappa shape index (κ2) is 7.62. The minimum atomic E-state index is -0.244. The number of thiazole rings is 1. The maximum absolute atomic E-state index is 13.6. The van der Waals surface area contributed by atoms with Crippen LogP contribution in [0.2, 0.25) is 0 Å². The van der Waals surface area contributed by atoms with Crippen molar-refractivity contribution >= 4 is 16.9 Å². The Labute approximate surface area is 172 Å². The van der Waals surface area contributed by atoms with E-state index in [1.54, 1.807) is 21.9 Å². The predicted octanol–water partition coefficient (Wildman–Crippen LogP) is 3.48. The molecule has 8 heteroatoms. The smallest absolute Gasteiger partial charge is 0.123 e. The summed E-state index contributed by atoms with van der Waals surface area (Å²) < 4.78 is 15.4. The average molecular weight is 409 g/mol. The Morgan fingerprint density at radius 1 is 1.17 bits per heavy atom. The molecule has 1 fully saturated rings. The zero-order valence-electron chi connectivity index (χ0n) is 16.1. The number of piperazine rings is 1. The van der Waals surface area contributed by atoms with Gasteiger partial charge in [0.05, 0.1) is 18.1 Å². The predicted molar refractivity (Wildman–Crippen MR) is 111 cm³/mol. The quantitative estimate of drug-likeness (QED) is 0.517. The first kappa shape index (κ1) is 18.4. The summed E-state index contributed by atoms with van der Waals surface area (Å²) >= 11 is 1.69. The molecule has 0 saturated carbocycles. The van der Waals surface area contributed by atoms with Gasteiger partial charge in [-0.1, -0.05) is 23.4 Å². The van der Waals surface area contributed by atoms with E-state index in [1.807, 2.05) is 36.0 Å². The monoisotopic (exact) mass is 408 g/mol. The van der Waals surface area contributed by atoms with Crippen molar-refractivity contribution in [2.24, 2.45) is 0 Å². The summed E-state index contributed by atoms with van der Waals surface area (Å²) in [6.07, 6.45) is 3.77. The van der Waals surface area contributed by atoms with E-state index in [1.165, 1.54) is 12.1 Å². The van der Waals surface area contributed by atoms with Gasteiger partial charge in [0.2, 0.25) is 0 Å². The third-order valence-corrected chi connectivity index (χ3v) is 6.25. The molecular weight excluding hydrogens is 387 g/mol. The van der Waals surface area contributed by atoms with Crippen molar-refractivity contribution in [3.63, 3.8) is 0 Å². The SMILES string of the molecule is CN1CCN(Cc2nccs2)CC1c1nnn2cc(-c3cccc(F)c3)ccc12. The zero-order chi connectivity index (χ0) is 19.8. The fourth-order valence-corrected chi connectivity index (χ4v) is 4.54. The van der Waals surface area contributed by atoms with E-state index < -0.39 is 0 Å². The van der Waals surface area contributed by atoms with E-state index in [-0.39, 0.29) is 11.9 Å². The van der Waals surface area contributed by atoms with Crippen molar-refractivity contribution in [2.45, 2.75) is 12.6 Å². The summed E-state index contributed by atoms with van der Waals surface area (Å²) in [5, 5.41) is 12.0. The number of pyridine rings is 1. The Kier molecular flexibility index (Phi) is 4.83. The Morgan fingerprint density at radius 2 is 2.10 bits per heavy atom. The number of fused-ring (bicyclic) bond motifs is 1. The molecule has 3 aromatic heterocycles. The third-order valence-electron chi connectivity index (χ3n) is 5.49. The van der Waals surface area contributed by atoms with Crippen LogP contribution >= 0.6 is 11.3 Å². The maximum atomic E-state index is 13.6. The number of hydrogen-bond acceptors (Lipinski definition) is 6. The van der Waals surface area contributed by atoms with Gasteiger partial charge >= 0.3 is 0 Å². The van der Waals surface area contributed by atoms with E-state index >= 15 is 0 Å². The molecule has 4 aromatic rings. The van der Waals surface area contributed by atoms with Crippen LogP contribution in [0.3, 0.4) is 0 Å². The lowest BCUT2D eigenvalue weighted by Crippen LogP contribution is -2.46. The summed E-state index contributed by atoms with van der Waals surface area (Å²) in [6.45, 7) is 3.73. The lowest BCUT2D eigenvalue weighted by atomic mass is 10.1. The number of hydrogen-bond donors (Lipinski definition) is 0. The molecule has 1 saturated heterocycles. The van der Waals surface area contributed by atoms with Crippen LogP contribution in [-0.4, -0.2) is 56.3 Å². The van der Waals surface area contributed by atoms with Gasteiger partial charge in [-0.2, -0.15) is 0 Å². The van der Waals surface area contributed by atoms with Crippen molar-refractivity contribution in [2.75, 3.05) is 26.7 Å². The molecule has 0 aliphatic carbocycles. The molecule has 1 aromatic carbocycles. The minimum absolute atomic E-state index is 0.168. The number of halogens is 1. The van der Waals surface area contributed by atoms with Crippen molar-refractivity contribution in [1.29, 1.82) is 0 Å². The van der Waals surface area contributed by atoms with Crippen LogP contribution in [0.4, 0.5) is 4.39 Å².